The summed E-state index contributed by atoms with van der Waals surface area (Å²) >= 11 is 1.35. The first-order valence-corrected chi connectivity index (χ1v) is 8.13. The lowest BCUT2D eigenvalue weighted by Gasteiger charge is -2.09. The number of hydrogen-bond donors (Lipinski definition) is 1. The van der Waals surface area contributed by atoms with E-state index in [1.54, 1.807) is 6.07 Å². The Hall–Kier alpha value is -2.02. The van der Waals surface area contributed by atoms with Crippen molar-refractivity contribution in [2.45, 2.75) is 38.6 Å². The quantitative estimate of drug-likeness (QED) is 0.825. The Kier molecular flexibility index (Phi) is 4.33. The molecule has 0 aromatic carbocycles. The van der Waals surface area contributed by atoms with E-state index in [1.165, 1.54) is 18.6 Å². The number of pyridine rings is 1. The summed E-state index contributed by atoms with van der Waals surface area (Å²) in [6.07, 6.45) is 3.00. The Bertz CT molecular complexity index is 682. The maximum absolute atomic E-state index is 11.8. The van der Waals surface area contributed by atoms with Crippen LogP contribution in [0.1, 0.15) is 53.3 Å². The number of ether oxygens (including phenoxy) is 1. The lowest BCUT2D eigenvalue weighted by Crippen LogP contribution is -2.10. The van der Waals surface area contributed by atoms with Gasteiger partial charge in [-0.25, -0.2) is 9.78 Å². The molecule has 0 spiro atoms. The molecule has 1 N–H and O–H groups in total. The lowest BCUT2D eigenvalue weighted by molar-refractivity contribution is 0.0599. The van der Waals surface area contributed by atoms with E-state index in [9.17, 15) is 4.79 Å². The van der Waals surface area contributed by atoms with E-state index in [2.05, 4.69) is 19.7 Å². The van der Waals surface area contributed by atoms with Gasteiger partial charge in [0.05, 0.1) is 30.6 Å². The largest absolute Gasteiger partial charge is 0.465 e. The highest BCUT2D eigenvalue weighted by molar-refractivity contribution is 7.09. The second-order valence-corrected chi connectivity index (χ2v) is 5.98. The van der Waals surface area contributed by atoms with Gasteiger partial charge in [-0.3, -0.25) is 4.98 Å². The molecular formula is C15H18N4O2S. The molecule has 0 saturated heterocycles. The minimum absolute atomic E-state index is 0.314. The number of carbonyl (C=O) groups is 1. The van der Waals surface area contributed by atoms with Crippen LogP contribution in [0.25, 0.3) is 0 Å². The number of carbonyl (C=O) groups excluding carboxylic acids is 1. The lowest BCUT2D eigenvalue weighted by atomic mass is 10.1. The Morgan fingerprint density at radius 2 is 2.23 bits per heavy atom. The summed E-state index contributed by atoms with van der Waals surface area (Å²) < 4.78 is 9.07. The SMILES string of the molecule is CCc1nsc(NCc2ccc(C(=O)OC)c(C3CC3)n2)n1. The number of nitrogens with zero attached hydrogens (tertiary/aromatic N) is 3. The molecule has 2 aromatic rings. The zero-order valence-corrected chi connectivity index (χ0v) is 13.4. The van der Waals surface area contributed by atoms with Gasteiger partial charge in [-0.15, -0.1) is 0 Å². The first kappa shape index (κ1) is 14.9. The molecule has 7 heteroatoms. The Balaban J connectivity index is 1.74. The molecule has 116 valence electrons. The van der Waals surface area contributed by atoms with Gasteiger partial charge in [0.1, 0.15) is 5.82 Å². The molecule has 1 fully saturated rings. The fourth-order valence-electron chi connectivity index (χ4n) is 2.20. The first-order valence-electron chi connectivity index (χ1n) is 7.35. The second-order valence-electron chi connectivity index (χ2n) is 5.22. The van der Waals surface area contributed by atoms with E-state index < -0.39 is 0 Å². The second kappa shape index (κ2) is 6.39. The molecule has 6 nitrogen and oxygen atoms in total. The van der Waals surface area contributed by atoms with Crippen LogP contribution in [0.2, 0.25) is 0 Å². The van der Waals surface area contributed by atoms with E-state index in [0.717, 1.165) is 41.6 Å². The Labute approximate surface area is 133 Å². The summed E-state index contributed by atoms with van der Waals surface area (Å²) in [6.45, 7) is 2.60. The fraction of sp³-hybridized carbons (Fsp3) is 0.467. The van der Waals surface area contributed by atoms with Crippen molar-refractivity contribution in [3.8, 4) is 0 Å². The van der Waals surface area contributed by atoms with E-state index in [1.807, 2.05) is 13.0 Å². The van der Waals surface area contributed by atoms with Crippen molar-refractivity contribution >= 4 is 22.6 Å². The smallest absolute Gasteiger partial charge is 0.339 e. The van der Waals surface area contributed by atoms with E-state index >= 15 is 0 Å². The molecule has 0 bridgehead atoms. The number of nitrogens with one attached hydrogen (secondary N) is 1. The third kappa shape index (κ3) is 3.24. The average Bonchev–Trinajstić information content (AvgIpc) is 3.30. The highest BCUT2D eigenvalue weighted by Crippen LogP contribution is 2.40. The van der Waals surface area contributed by atoms with Crippen molar-refractivity contribution in [2.75, 3.05) is 12.4 Å². The normalized spacial score (nSPS) is 13.9. The summed E-state index contributed by atoms with van der Waals surface area (Å²) in [5, 5.41) is 4.03. The number of aryl methyl sites for hydroxylation is 1. The van der Waals surface area contributed by atoms with Gasteiger partial charge in [0.25, 0.3) is 0 Å². The third-order valence-corrected chi connectivity index (χ3v) is 4.27. The Morgan fingerprint density at radius 1 is 1.41 bits per heavy atom. The van der Waals surface area contributed by atoms with Crippen molar-refractivity contribution in [3.05, 3.63) is 34.9 Å². The van der Waals surface area contributed by atoms with Crippen molar-refractivity contribution in [3.63, 3.8) is 0 Å². The fourth-order valence-corrected chi connectivity index (χ4v) is 2.85. The molecule has 0 unspecified atom stereocenters. The van der Waals surface area contributed by atoms with Crippen LogP contribution in [-0.2, 0) is 17.7 Å². The molecule has 0 atom stereocenters. The number of aromatic nitrogens is 3. The zero-order chi connectivity index (χ0) is 15.5. The number of methoxy groups -OCH3 is 1. The molecule has 1 saturated carbocycles. The van der Waals surface area contributed by atoms with Crippen LogP contribution in [0.15, 0.2) is 12.1 Å². The first-order chi connectivity index (χ1) is 10.7. The van der Waals surface area contributed by atoms with E-state index in [-0.39, 0.29) is 5.97 Å². The van der Waals surface area contributed by atoms with Crippen molar-refractivity contribution in [1.29, 1.82) is 0 Å². The van der Waals surface area contributed by atoms with Gasteiger partial charge in [0, 0.05) is 23.9 Å². The molecule has 22 heavy (non-hydrogen) atoms. The molecule has 2 heterocycles. The molecule has 0 aliphatic heterocycles. The van der Waals surface area contributed by atoms with Crippen LogP contribution in [0.4, 0.5) is 5.13 Å². The molecule has 0 radical (unpaired) electrons. The maximum Gasteiger partial charge on any atom is 0.339 e. The highest BCUT2D eigenvalue weighted by Gasteiger charge is 2.30. The number of anilines is 1. The van der Waals surface area contributed by atoms with Gasteiger partial charge in [-0.05, 0) is 25.0 Å². The minimum Gasteiger partial charge on any atom is -0.465 e. The third-order valence-electron chi connectivity index (χ3n) is 3.56. The van der Waals surface area contributed by atoms with Gasteiger partial charge in [-0.2, -0.15) is 4.37 Å². The molecule has 1 aliphatic rings. The van der Waals surface area contributed by atoms with Crippen LogP contribution in [-0.4, -0.2) is 27.4 Å². The maximum atomic E-state index is 11.8. The monoisotopic (exact) mass is 318 g/mol. The summed E-state index contributed by atoms with van der Waals surface area (Å²) in [4.78, 5) is 20.8. The number of hydrogen-bond acceptors (Lipinski definition) is 7. The van der Waals surface area contributed by atoms with Gasteiger partial charge in [0.2, 0.25) is 5.13 Å². The van der Waals surface area contributed by atoms with Gasteiger partial charge >= 0.3 is 5.97 Å². The molecular weight excluding hydrogens is 300 g/mol. The zero-order valence-electron chi connectivity index (χ0n) is 12.6. The van der Waals surface area contributed by atoms with Crippen LogP contribution in [0.3, 0.4) is 0 Å². The van der Waals surface area contributed by atoms with Crippen LogP contribution >= 0.6 is 11.5 Å². The minimum atomic E-state index is -0.314. The van der Waals surface area contributed by atoms with E-state index in [4.69, 9.17) is 4.74 Å². The van der Waals surface area contributed by atoms with E-state index in [0.29, 0.717) is 18.0 Å². The summed E-state index contributed by atoms with van der Waals surface area (Å²) in [5.41, 5.74) is 2.33. The van der Waals surface area contributed by atoms with Gasteiger partial charge < -0.3 is 10.1 Å². The van der Waals surface area contributed by atoms with Crippen LogP contribution < -0.4 is 5.32 Å². The topological polar surface area (TPSA) is 77.0 Å². The van der Waals surface area contributed by atoms with Crippen molar-refractivity contribution in [1.82, 2.24) is 14.3 Å². The standard InChI is InChI=1S/C15H18N4O2S/c1-3-12-18-15(22-19-12)16-8-10-6-7-11(14(20)21-2)13(17-10)9-4-5-9/h6-7,9H,3-5,8H2,1-2H3,(H,16,18,19). The molecule has 1 aliphatic carbocycles. The predicted octanol–water partition coefficient (Wildman–Crippen LogP) is 2.77. The van der Waals surface area contributed by atoms with Gasteiger partial charge in [0.15, 0.2) is 0 Å². The molecule has 2 aromatic heterocycles. The van der Waals surface area contributed by atoms with Crippen molar-refractivity contribution in [2.24, 2.45) is 0 Å². The summed E-state index contributed by atoms with van der Waals surface area (Å²) in [6, 6.07) is 3.66. The molecule has 0 amide bonds. The van der Waals surface area contributed by atoms with Gasteiger partial charge in [-0.1, -0.05) is 6.92 Å². The molecule has 3 rings (SSSR count). The van der Waals surface area contributed by atoms with Crippen LogP contribution in [0.5, 0.6) is 0 Å². The van der Waals surface area contributed by atoms with Crippen molar-refractivity contribution < 1.29 is 9.53 Å². The van der Waals surface area contributed by atoms with Crippen LogP contribution in [0, 0.1) is 0 Å². The average molecular weight is 318 g/mol. The highest BCUT2D eigenvalue weighted by atomic mass is 32.1. The number of esters is 1. The summed E-state index contributed by atoms with van der Waals surface area (Å²) in [5.74, 6) is 0.924. The number of rotatable bonds is 6. The summed E-state index contributed by atoms with van der Waals surface area (Å²) in [7, 11) is 1.40. The predicted molar refractivity (Wildman–Crippen MR) is 84.2 cm³/mol. The Morgan fingerprint density at radius 3 is 2.86 bits per heavy atom.